The molecule has 0 aromatic carbocycles. The van der Waals surface area contributed by atoms with E-state index < -0.39 is 0 Å². The van der Waals surface area contributed by atoms with Crippen molar-refractivity contribution in [3.05, 3.63) is 0 Å². The van der Waals surface area contributed by atoms with Gasteiger partial charge >= 0.3 is 0 Å². The molecular weight excluding hydrogens is 200 g/mol. The lowest BCUT2D eigenvalue weighted by atomic mass is 9.97. The predicted molar refractivity (Wildman–Crippen MR) is 68.7 cm³/mol. The molecule has 0 aromatic heterocycles. The second-order valence-electron chi connectivity index (χ2n) is 5.07. The van der Waals surface area contributed by atoms with Crippen LogP contribution in [0.2, 0.25) is 0 Å². The number of nitrogens with zero attached hydrogens (tertiary/aromatic N) is 2. The van der Waals surface area contributed by atoms with Gasteiger partial charge in [0.1, 0.15) is 0 Å². The van der Waals surface area contributed by atoms with Crippen LogP contribution < -0.4 is 0 Å². The SMILES string of the molecule is CCC(CCO)CCCN1CCN(C)CC1. The summed E-state index contributed by atoms with van der Waals surface area (Å²) in [4.78, 5) is 4.97. The zero-order valence-electron chi connectivity index (χ0n) is 11.0. The lowest BCUT2D eigenvalue weighted by molar-refractivity contribution is 0.148. The largest absolute Gasteiger partial charge is 0.396 e. The van der Waals surface area contributed by atoms with Gasteiger partial charge in [-0.05, 0) is 38.8 Å². The molecule has 3 heteroatoms. The summed E-state index contributed by atoms with van der Waals surface area (Å²) in [5.41, 5.74) is 0. The molecule has 0 spiro atoms. The van der Waals surface area contributed by atoms with Gasteiger partial charge in [-0.3, -0.25) is 0 Å². The minimum Gasteiger partial charge on any atom is -0.396 e. The molecule has 1 saturated heterocycles. The molecule has 1 rings (SSSR count). The Bertz CT molecular complexity index is 167. The fourth-order valence-corrected chi connectivity index (χ4v) is 2.41. The van der Waals surface area contributed by atoms with Crippen molar-refractivity contribution in [3.63, 3.8) is 0 Å². The zero-order valence-corrected chi connectivity index (χ0v) is 11.0. The van der Waals surface area contributed by atoms with E-state index in [0.29, 0.717) is 6.61 Å². The van der Waals surface area contributed by atoms with Crippen molar-refractivity contribution in [1.29, 1.82) is 0 Å². The maximum Gasteiger partial charge on any atom is 0.0433 e. The maximum absolute atomic E-state index is 8.93. The van der Waals surface area contributed by atoms with Crippen molar-refractivity contribution < 1.29 is 5.11 Å². The normalized spacial score (nSPS) is 21.2. The monoisotopic (exact) mass is 228 g/mol. The van der Waals surface area contributed by atoms with E-state index >= 15 is 0 Å². The van der Waals surface area contributed by atoms with Crippen LogP contribution in [0.3, 0.4) is 0 Å². The maximum atomic E-state index is 8.93. The Morgan fingerprint density at radius 1 is 1.12 bits per heavy atom. The number of hydrogen-bond donors (Lipinski definition) is 1. The average Bonchev–Trinajstić information content (AvgIpc) is 2.30. The van der Waals surface area contributed by atoms with Crippen LogP contribution in [0.15, 0.2) is 0 Å². The van der Waals surface area contributed by atoms with Gasteiger partial charge < -0.3 is 14.9 Å². The Kier molecular flexibility index (Phi) is 7.01. The predicted octanol–water partition coefficient (Wildman–Crippen LogP) is 1.42. The molecule has 1 unspecified atom stereocenters. The molecule has 0 amide bonds. The first-order chi connectivity index (χ1) is 7.76. The molecule has 3 nitrogen and oxygen atoms in total. The van der Waals surface area contributed by atoms with Gasteiger partial charge in [0.25, 0.3) is 0 Å². The highest BCUT2D eigenvalue weighted by molar-refractivity contribution is 4.69. The zero-order chi connectivity index (χ0) is 11.8. The number of likely N-dealkylation sites (N-methyl/N-ethyl adjacent to an activating group) is 1. The van der Waals surface area contributed by atoms with Gasteiger partial charge in [-0.2, -0.15) is 0 Å². The van der Waals surface area contributed by atoms with E-state index in [9.17, 15) is 0 Å². The molecule has 0 bridgehead atoms. The van der Waals surface area contributed by atoms with E-state index in [1.807, 2.05) is 0 Å². The first-order valence-electron chi connectivity index (χ1n) is 6.78. The lowest BCUT2D eigenvalue weighted by Gasteiger charge is -2.32. The molecule has 1 atom stereocenters. The van der Waals surface area contributed by atoms with Crippen LogP contribution in [0.5, 0.6) is 0 Å². The van der Waals surface area contributed by atoms with Crippen LogP contribution in [0, 0.1) is 5.92 Å². The summed E-state index contributed by atoms with van der Waals surface area (Å²) in [5.74, 6) is 0.734. The number of piperazine rings is 1. The van der Waals surface area contributed by atoms with Crippen molar-refractivity contribution in [2.75, 3.05) is 46.4 Å². The highest BCUT2D eigenvalue weighted by Crippen LogP contribution is 2.15. The highest BCUT2D eigenvalue weighted by Gasteiger charge is 2.13. The topological polar surface area (TPSA) is 26.7 Å². The van der Waals surface area contributed by atoms with Crippen LogP contribution in [0.4, 0.5) is 0 Å². The first kappa shape index (κ1) is 13.9. The van der Waals surface area contributed by atoms with Gasteiger partial charge in [0.05, 0.1) is 0 Å². The molecule has 16 heavy (non-hydrogen) atoms. The van der Waals surface area contributed by atoms with Gasteiger partial charge in [0.2, 0.25) is 0 Å². The Balaban J connectivity index is 2.05. The first-order valence-corrected chi connectivity index (χ1v) is 6.78. The van der Waals surface area contributed by atoms with Crippen LogP contribution in [-0.4, -0.2) is 61.3 Å². The molecule has 0 aliphatic carbocycles. The summed E-state index contributed by atoms with van der Waals surface area (Å²) in [6.07, 6.45) is 4.77. The highest BCUT2D eigenvalue weighted by atomic mass is 16.3. The second-order valence-corrected chi connectivity index (χ2v) is 5.07. The third kappa shape index (κ3) is 5.28. The summed E-state index contributed by atoms with van der Waals surface area (Å²) >= 11 is 0. The Labute approximate surface area is 100 Å². The number of aliphatic hydroxyl groups excluding tert-OH is 1. The van der Waals surface area contributed by atoms with Crippen LogP contribution in [0.1, 0.15) is 32.6 Å². The molecule has 0 saturated carbocycles. The van der Waals surface area contributed by atoms with Crippen molar-refractivity contribution in [2.24, 2.45) is 5.92 Å². The van der Waals surface area contributed by atoms with Crippen molar-refractivity contribution >= 4 is 0 Å². The molecule has 1 aliphatic rings. The lowest BCUT2D eigenvalue weighted by Crippen LogP contribution is -2.44. The van der Waals surface area contributed by atoms with Crippen LogP contribution >= 0.6 is 0 Å². The fourth-order valence-electron chi connectivity index (χ4n) is 2.41. The fraction of sp³-hybridized carbons (Fsp3) is 1.00. The molecule has 0 radical (unpaired) electrons. The molecule has 1 heterocycles. The van der Waals surface area contributed by atoms with Gasteiger partial charge in [-0.15, -0.1) is 0 Å². The molecular formula is C13H28N2O. The quantitative estimate of drug-likeness (QED) is 0.714. The third-order valence-electron chi connectivity index (χ3n) is 3.80. The van der Waals surface area contributed by atoms with E-state index in [2.05, 4.69) is 23.8 Å². The number of hydrogen-bond acceptors (Lipinski definition) is 3. The third-order valence-corrected chi connectivity index (χ3v) is 3.80. The minimum absolute atomic E-state index is 0.354. The van der Waals surface area contributed by atoms with Crippen LogP contribution in [-0.2, 0) is 0 Å². The Hall–Kier alpha value is -0.120. The smallest absolute Gasteiger partial charge is 0.0433 e. The van der Waals surface area contributed by atoms with E-state index in [0.717, 1.165) is 12.3 Å². The van der Waals surface area contributed by atoms with Crippen molar-refractivity contribution in [3.8, 4) is 0 Å². The van der Waals surface area contributed by atoms with Gasteiger partial charge in [0, 0.05) is 32.8 Å². The second kappa shape index (κ2) is 8.04. The van der Waals surface area contributed by atoms with E-state index in [1.165, 1.54) is 52.0 Å². The van der Waals surface area contributed by atoms with Gasteiger partial charge in [-0.1, -0.05) is 13.3 Å². The van der Waals surface area contributed by atoms with Gasteiger partial charge in [-0.25, -0.2) is 0 Å². The molecule has 1 N–H and O–H groups in total. The summed E-state index contributed by atoms with van der Waals surface area (Å²) in [6.45, 7) is 8.72. The molecule has 1 fully saturated rings. The van der Waals surface area contributed by atoms with E-state index in [4.69, 9.17) is 5.11 Å². The van der Waals surface area contributed by atoms with Gasteiger partial charge in [0.15, 0.2) is 0 Å². The van der Waals surface area contributed by atoms with Crippen molar-refractivity contribution in [1.82, 2.24) is 9.80 Å². The molecule has 1 aliphatic heterocycles. The number of aliphatic hydroxyl groups is 1. The Morgan fingerprint density at radius 2 is 1.81 bits per heavy atom. The average molecular weight is 228 g/mol. The minimum atomic E-state index is 0.354. The Morgan fingerprint density at radius 3 is 2.38 bits per heavy atom. The molecule has 0 aromatic rings. The molecule has 96 valence electrons. The standard InChI is InChI=1S/C13H28N2O/c1-3-13(6-12-16)5-4-7-15-10-8-14(2)9-11-15/h13,16H,3-12H2,1-2H3. The summed E-state index contributed by atoms with van der Waals surface area (Å²) in [5, 5.41) is 8.93. The van der Waals surface area contributed by atoms with E-state index in [-0.39, 0.29) is 0 Å². The van der Waals surface area contributed by atoms with E-state index in [1.54, 1.807) is 0 Å². The van der Waals surface area contributed by atoms with Crippen LogP contribution in [0.25, 0.3) is 0 Å². The number of rotatable bonds is 7. The summed E-state index contributed by atoms with van der Waals surface area (Å²) < 4.78 is 0. The van der Waals surface area contributed by atoms with Crippen molar-refractivity contribution in [2.45, 2.75) is 32.6 Å². The summed E-state index contributed by atoms with van der Waals surface area (Å²) in [7, 11) is 2.20. The summed E-state index contributed by atoms with van der Waals surface area (Å²) in [6, 6.07) is 0.